The highest BCUT2D eigenvalue weighted by Gasteiger charge is 2.19. The molecule has 0 saturated heterocycles. The maximum absolute atomic E-state index is 12.9. The van der Waals surface area contributed by atoms with E-state index in [1.54, 1.807) is 19.2 Å². The first kappa shape index (κ1) is 23.4. The van der Waals surface area contributed by atoms with Crippen molar-refractivity contribution < 1.29 is 14.3 Å². The fourth-order valence-electron chi connectivity index (χ4n) is 4.04. The van der Waals surface area contributed by atoms with Gasteiger partial charge in [-0.3, -0.25) is 4.79 Å². The summed E-state index contributed by atoms with van der Waals surface area (Å²) in [4.78, 5) is 17.7. The van der Waals surface area contributed by atoms with Crippen LogP contribution in [0.5, 0.6) is 11.5 Å². The van der Waals surface area contributed by atoms with Crippen molar-refractivity contribution in [2.45, 2.75) is 39.3 Å². The molecule has 0 aliphatic heterocycles. The molecule has 4 aromatic rings. The second-order valence-electron chi connectivity index (χ2n) is 8.41. The number of amides is 1. The summed E-state index contributed by atoms with van der Waals surface area (Å²) >= 11 is 0. The number of para-hydroxylation sites is 2. The summed E-state index contributed by atoms with van der Waals surface area (Å²) in [5, 5.41) is 3.09. The number of nitrogens with one attached hydrogen (secondary N) is 1. The van der Waals surface area contributed by atoms with Crippen molar-refractivity contribution in [3.8, 4) is 11.5 Å². The Bertz CT molecular complexity index is 1260. The zero-order valence-corrected chi connectivity index (χ0v) is 20.0. The maximum atomic E-state index is 12.9. The number of aryl methyl sites for hydroxylation is 2. The summed E-state index contributed by atoms with van der Waals surface area (Å²) in [7, 11) is 1.59. The highest BCUT2D eigenvalue weighted by Crippen LogP contribution is 2.23. The maximum Gasteiger partial charge on any atom is 0.251 e. The number of unbranched alkanes of at least 4 members (excludes halogenated alkanes) is 1. The Kier molecular flexibility index (Phi) is 7.48. The van der Waals surface area contributed by atoms with E-state index in [1.165, 1.54) is 5.56 Å². The lowest BCUT2D eigenvalue weighted by Crippen LogP contribution is -2.28. The van der Waals surface area contributed by atoms with Crippen molar-refractivity contribution in [3.05, 3.63) is 89.7 Å². The molecule has 0 aliphatic carbocycles. The third-order valence-electron chi connectivity index (χ3n) is 5.79. The number of hydrogen-bond acceptors (Lipinski definition) is 4. The summed E-state index contributed by atoms with van der Waals surface area (Å²) in [5.74, 6) is 2.25. The van der Waals surface area contributed by atoms with Crippen molar-refractivity contribution in [1.82, 2.24) is 14.9 Å². The fourth-order valence-corrected chi connectivity index (χ4v) is 4.04. The molecule has 1 heterocycles. The molecular weight excluding hydrogens is 426 g/mol. The van der Waals surface area contributed by atoms with E-state index in [2.05, 4.69) is 28.9 Å². The molecule has 6 heteroatoms. The number of benzene rings is 3. The molecule has 0 spiro atoms. The molecule has 0 bridgehead atoms. The number of aromatic nitrogens is 2. The Balaban J connectivity index is 1.43. The average molecular weight is 458 g/mol. The summed E-state index contributed by atoms with van der Waals surface area (Å²) in [6, 6.07) is 23.1. The van der Waals surface area contributed by atoms with Gasteiger partial charge in [0.15, 0.2) is 0 Å². The molecule has 1 unspecified atom stereocenters. The van der Waals surface area contributed by atoms with E-state index in [0.29, 0.717) is 17.9 Å². The monoisotopic (exact) mass is 457 g/mol. The van der Waals surface area contributed by atoms with Gasteiger partial charge >= 0.3 is 0 Å². The van der Waals surface area contributed by atoms with Crippen LogP contribution < -0.4 is 14.8 Å². The SMILES string of the molecule is COc1cccc(C(=O)NC(C)c2nc3ccccc3n2CCCCOc2cccc(C)c2)c1. The Labute approximate surface area is 200 Å². The number of rotatable bonds is 10. The molecule has 34 heavy (non-hydrogen) atoms. The van der Waals surface area contributed by atoms with Crippen molar-refractivity contribution >= 4 is 16.9 Å². The number of methoxy groups -OCH3 is 1. The van der Waals surface area contributed by atoms with Crippen LogP contribution in [0.4, 0.5) is 0 Å². The number of nitrogens with zero attached hydrogens (tertiary/aromatic N) is 2. The van der Waals surface area contributed by atoms with E-state index in [1.807, 2.05) is 55.5 Å². The number of carbonyl (C=O) groups excluding carboxylic acids is 1. The first-order chi connectivity index (χ1) is 16.5. The third kappa shape index (κ3) is 5.57. The van der Waals surface area contributed by atoms with E-state index >= 15 is 0 Å². The van der Waals surface area contributed by atoms with Crippen LogP contribution in [0.15, 0.2) is 72.8 Å². The second-order valence-corrected chi connectivity index (χ2v) is 8.41. The van der Waals surface area contributed by atoms with Gasteiger partial charge in [0.05, 0.1) is 30.8 Å². The molecule has 0 aliphatic rings. The smallest absolute Gasteiger partial charge is 0.251 e. The zero-order valence-electron chi connectivity index (χ0n) is 20.0. The molecule has 3 aromatic carbocycles. The van der Waals surface area contributed by atoms with Crippen molar-refractivity contribution in [2.24, 2.45) is 0 Å². The van der Waals surface area contributed by atoms with Gasteiger partial charge in [0.2, 0.25) is 0 Å². The molecule has 0 fully saturated rings. The van der Waals surface area contributed by atoms with Crippen molar-refractivity contribution in [2.75, 3.05) is 13.7 Å². The van der Waals surface area contributed by atoms with Gasteiger partial charge in [-0.1, -0.05) is 30.3 Å². The molecule has 1 aromatic heterocycles. The summed E-state index contributed by atoms with van der Waals surface area (Å²) in [5.41, 5.74) is 3.75. The van der Waals surface area contributed by atoms with Gasteiger partial charge in [-0.25, -0.2) is 4.98 Å². The van der Waals surface area contributed by atoms with Gasteiger partial charge in [0.1, 0.15) is 17.3 Å². The van der Waals surface area contributed by atoms with Crippen LogP contribution in [0.3, 0.4) is 0 Å². The Hall–Kier alpha value is -3.80. The highest BCUT2D eigenvalue weighted by atomic mass is 16.5. The lowest BCUT2D eigenvalue weighted by molar-refractivity contribution is 0.0937. The topological polar surface area (TPSA) is 65.4 Å². The minimum atomic E-state index is -0.255. The van der Waals surface area contributed by atoms with Crippen LogP contribution in [0.25, 0.3) is 11.0 Å². The standard InChI is InChI=1S/C28H31N3O3/c1-20-10-8-13-24(18-20)34-17-7-6-16-31-26-15-5-4-14-25(26)30-27(31)21(2)29-28(32)22-11-9-12-23(19-22)33-3/h4-5,8-15,18-19,21H,6-7,16-17H2,1-3H3,(H,29,32). The van der Waals surface area contributed by atoms with Crippen LogP contribution in [-0.4, -0.2) is 29.2 Å². The van der Waals surface area contributed by atoms with Crippen LogP contribution in [-0.2, 0) is 6.54 Å². The minimum Gasteiger partial charge on any atom is -0.497 e. The predicted molar refractivity (Wildman–Crippen MR) is 135 cm³/mol. The van der Waals surface area contributed by atoms with Gasteiger partial charge in [-0.2, -0.15) is 0 Å². The molecule has 176 valence electrons. The van der Waals surface area contributed by atoms with Crippen molar-refractivity contribution in [3.63, 3.8) is 0 Å². The fraction of sp³-hybridized carbons (Fsp3) is 0.286. The van der Waals surface area contributed by atoms with Gasteiger partial charge in [0.25, 0.3) is 5.91 Å². The average Bonchev–Trinajstić information content (AvgIpc) is 3.22. The summed E-state index contributed by atoms with van der Waals surface area (Å²) in [6.45, 7) is 5.49. The molecule has 1 amide bonds. The number of hydrogen-bond donors (Lipinski definition) is 1. The Morgan fingerprint density at radius 2 is 1.79 bits per heavy atom. The predicted octanol–water partition coefficient (Wildman–Crippen LogP) is 5.70. The van der Waals surface area contributed by atoms with E-state index in [0.717, 1.165) is 42.0 Å². The number of fused-ring (bicyclic) bond motifs is 1. The van der Waals surface area contributed by atoms with E-state index < -0.39 is 0 Å². The van der Waals surface area contributed by atoms with Gasteiger partial charge in [-0.05, 0) is 74.7 Å². The largest absolute Gasteiger partial charge is 0.497 e. The normalized spacial score (nSPS) is 11.9. The molecule has 1 N–H and O–H groups in total. The number of imidazole rings is 1. The molecule has 1 atom stereocenters. The molecule has 4 rings (SSSR count). The minimum absolute atomic E-state index is 0.156. The quantitative estimate of drug-likeness (QED) is 0.310. The highest BCUT2D eigenvalue weighted by molar-refractivity contribution is 5.94. The molecule has 6 nitrogen and oxygen atoms in total. The first-order valence-electron chi connectivity index (χ1n) is 11.6. The lowest BCUT2D eigenvalue weighted by Gasteiger charge is -2.17. The molecular formula is C28H31N3O3. The van der Waals surface area contributed by atoms with Crippen LogP contribution in [0.2, 0.25) is 0 Å². The van der Waals surface area contributed by atoms with Crippen LogP contribution in [0, 0.1) is 6.92 Å². The van der Waals surface area contributed by atoms with Gasteiger partial charge < -0.3 is 19.4 Å². The van der Waals surface area contributed by atoms with E-state index in [-0.39, 0.29) is 11.9 Å². The third-order valence-corrected chi connectivity index (χ3v) is 5.79. The van der Waals surface area contributed by atoms with Gasteiger partial charge in [0, 0.05) is 12.1 Å². The van der Waals surface area contributed by atoms with Crippen LogP contribution in [0.1, 0.15) is 47.6 Å². The summed E-state index contributed by atoms with van der Waals surface area (Å²) in [6.07, 6.45) is 1.86. The van der Waals surface area contributed by atoms with Crippen molar-refractivity contribution in [1.29, 1.82) is 0 Å². The Morgan fingerprint density at radius 1 is 1.00 bits per heavy atom. The van der Waals surface area contributed by atoms with Gasteiger partial charge in [-0.15, -0.1) is 0 Å². The summed E-state index contributed by atoms with van der Waals surface area (Å²) < 4.78 is 13.4. The molecule has 0 radical (unpaired) electrons. The first-order valence-corrected chi connectivity index (χ1v) is 11.6. The lowest BCUT2D eigenvalue weighted by atomic mass is 10.2. The number of carbonyl (C=O) groups is 1. The van der Waals surface area contributed by atoms with Crippen LogP contribution >= 0.6 is 0 Å². The molecule has 0 saturated carbocycles. The Morgan fingerprint density at radius 3 is 2.62 bits per heavy atom. The zero-order chi connectivity index (χ0) is 23.9. The van der Waals surface area contributed by atoms with E-state index in [4.69, 9.17) is 14.5 Å². The van der Waals surface area contributed by atoms with E-state index in [9.17, 15) is 4.79 Å². The number of ether oxygens (including phenoxy) is 2. The second kappa shape index (κ2) is 10.9.